The van der Waals surface area contributed by atoms with Crippen molar-refractivity contribution in [2.75, 3.05) is 13.7 Å². The summed E-state index contributed by atoms with van der Waals surface area (Å²) < 4.78 is 10.9. The fourth-order valence-electron chi connectivity index (χ4n) is 2.58. The summed E-state index contributed by atoms with van der Waals surface area (Å²) in [6.07, 6.45) is 1.51. The number of hydrogen-bond acceptors (Lipinski definition) is 4. The quantitative estimate of drug-likeness (QED) is 0.615. The molecule has 150 valence electrons. The summed E-state index contributed by atoms with van der Waals surface area (Å²) in [7, 11) is 1.54. The van der Waals surface area contributed by atoms with Gasteiger partial charge in [0, 0.05) is 13.5 Å². The number of alkyl carbamates (subject to hydrolysis) is 1. The normalized spacial score (nSPS) is 11.4. The molecule has 2 N–H and O–H groups in total. The largest absolute Gasteiger partial charge is 0.489 e. The molecular weight excluding hydrogens is 356 g/mol. The fourth-order valence-corrected chi connectivity index (χ4v) is 2.58. The number of carbonyl (C=O) groups excluding carboxylic acids is 2. The van der Waals surface area contributed by atoms with E-state index in [0.29, 0.717) is 19.6 Å². The maximum atomic E-state index is 12.1. The zero-order valence-corrected chi connectivity index (χ0v) is 16.4. The number of rotatable bonds is 10. The number of amides is 2. The van der Waals surface area contributed by atoms with E-state index in [1.807, 2.05) is 61.5 Å². The second-order valence-electron chi connectivity index (χ2n) is 6.42. The number of ether oxygens (including phenoxy) is 2. The van der Waals surface area contributed by atoms with Crippen molar-refractivity contribution in [1.82, 2.24) is 10.6 Å². The standard InChI is InChI=1S/C22H28N2O4/c1-3-4-14-27-22(26)24-20(21(25)23-2)15-17-10-12-19(13-11-17)28-16-18-8-6-5-7-9-18/h5-13,20H,3-4,14-16H2,1-2H3,(H,23,25)(H,24,26)/t20-/m0/s1. The second kappa shape index (κ2) is 11.6. The van der Waals surface area contributed by atoms with Gasteiger partial charge >= 0.3 is 6.09 Å². The van der Waals surface area contributed by atoms with Crippen molar-refractivity contribution in [3.05, 3.63) is 65.7 Å². The minimum Gasteiger partial charge on any atom is -0.489 e. The molecule has 0 saturated heterocycles. The van der Waals surface area contributed by atoms with Crippen LogP contribution < -0.4 is 15.4 Å². The average molecular weight is 384 g/mol. The van der Waals surface area contributed by atoms with Gasteiger partial charge in [0.05, 0.1) is 6.61 Å². The first-order valence-electron chi connectivity index (χ1n) is 9.53. The molecule has 0 aliphatic carbocycles. The predicted octanol–water partition coefficient (Wildman–Crippen LogP) is 3.45. The van der Waals surface area contributed by atoms with Crippen LogP contribution in [0.5, 0.6) is 5.75 Å². The van der Waals surface area contributed by atoms with Crippen molar-refractivity contribution in [1.29, 1.82) is 0 Å². The van der Waals surface area contributed by atoms with Crippen LogP contribution in [0.4, 0.5) is 4.79 Å². The van der Waals surface area contributed by atoms with Gasteiger partial charge in [0.2, 0.25) is 5.91 Å². The van der Waals surface area contributed by atoms with E-state index in [1.165, 1.54) is 0 Å². The SMILES string of the molecule is CCCCOC(=O)N[C@@H](Cc1ccc(OCc2ccccc2)cc1)C(=O)NC. The van der Waals surface area contributed by atoms with Gasteiger partial charge in [0.1, 0.15) is 18.4 Å². The Balaban J connectivity index is 1.90. The monoisotopic (exact) mass is 384 g/mol. The van der Waals surface area contributed by atoms with Gasteiger partial charge in [-0.2, -0.15) is 0 Å². The van der Waals surface area contributed by atoms with Crippen molar-refractivity contribution in [2.24, 2.45) is 0 Å². The Labute approximate surface area is 166 Å². The molecule has 2 aromatic carbocycles. The van der Waals surface area contributed by atoms with Crippen LogP contribution in [0, 0.1) is 0 Å². The molecule has 0 heterocycles. The summed E-state index contributed by atoms with van der Waals surface area (Å²) in [5, 5.41) is 5.21. The highest BCUT2D eigenvalue weighted by Gasteiger charge is 2.20. The number of benzene rings is 2. The Morgan fingerprint density at radius 1 is 1.00 bits per heavy atom. The minimum atomic E-state index is -0.699. The van der Waals surface area contributed by atoms with E-state index < -0.39 is 12.1 Å². The maximum Gasteiger partial charge on any atom is 0.407 e. The smallest absolute Gasteiger partial charge is 0.407 e. The van der Waals surface area contributed by atoms with Gasteiger partial charge in [-0.1, -0.05) is 55.8 Å². The molecule has 0 saturated carbocycles. The van der Waals surface area contributed by atoms with E-state index in [1.54, 1.807) is 7.05 Å². The van der Waals surface area contributed by atoms with Gasteiger partial charge in [-0.05, 0) is 29.7 Å². The van der Waals surface area contributed by atoms with Crippen LogP contribution >= 0.6 is 0 Å². The van der Waals surface area contributed by atoms with Crippen molar-refractivity contribution < 1.29 is 19.1 Å². The number of likely N-dealkylation sites (N-methyl/N-ethyl adjacent to an activating group) is 1. The first-order chi connectivity index (χ1) is 13.6. The highest BCUT2D eigenvalue weighted by Crippen LogP contribution is 2.15. The molecule has 0 aliphatic heterocycles. The number of nitrogens with one attached hydrogen (secondary N) is 2. The van der Waals surface area contributed by atoms with Crippen LogP contribution in [0.25, 0.3) is 0 Å². The van der Waals surface area contributed by atoms with E-state index in [0.717, 1.165) is 29.7 Å². The zero-order chi connectivity index (χ0) is 20.2. The van der Waals surface area contributed by atoms with Gasteiger partial charge in [-0.3, -0.25) is 4.79 Å². The first-order valence-corrected chi connectivity index (χ1v) is 9.53. The van der Waals surface area contributed by atoms with Crippen molar-refractivity contribution in [3.63, 3.8) is 0 Å². The summed E-state index contributed by atoms with van der Waals surface area (Å²) in [5.74, 6) is 0.480. The molecule has 0 bridgehead atoms. The summed E-state index contributed by atoms with van der Waals surface area (Å²) in [6.45, 7) is 2.85. The molecular formula is C22H28N2O4. The van der Waals surface area contributed by atoms with Crippen molar-refractivity contribution in [2.45, 2.75) is 38.8 Å². The van der Waals surface area contributed by atoms with E-state index in [-0.39, 0.29) is 5.91 Å². The average Bonchev–Trinajstić information content (AvgIpc) is 2.73. The third kappa shape index (κ3) is 7.31. The lowest BCUT2D eigenvalue weighted by Gasteiger charge is -2.17. The molecule has 0 aliphatic rings. The first kappa shape index (κ1) is 21.3. The number of carbonyl (C=O) groups is 2. The van der Waals surface area contributed by atoms with Crippen LogP contribution in [-0.4, -0.2) is 31.7 Å². The molecule has 0 radical (unpaired) electrons. The van der Waals surface area contributed by atoms with Crippen LogP contribution in [0.15, 0.2) is 54.6 Å². The molecule has 0 aromatic heterocycles. The van der Waals surface area contributed by atoms with E-state index >= 15 is 0 Å². The third-order valence-corrected chi connectivity index (χ3v) is 4.20. The number of unbranched alkanes of at least 4 members (excludes halogenated alkanes) is 1. The van der Waals surface area contributed by atoms with Gasteiger partial charge < -0.3 is 20.1 Å². The van der Waals surface area contributed by atoms with Gasteiger partial charge in [0.15, 0.2) is 0 Å². The van der Waals surface area contributed by atoms with Gasteiger partial charge in [0.25, 0.3) is 0 Å². The molecule has 0 fully saturated rings. The van der Waals surface area contributed by atoms with Crippen molar-refractivity contribution >= 4 is 12.0 Å². The number of hydrogen-bond donors (Lipinski definition) is 2. The second-order valence-corrected chi connectivity index (χ2v) is 6.42. The highest BCUT2D eigenvalue weighted by atomic mass is 16.5. The van der Waals surface area contributed by atoms with E-state index in [4.69, 9.17) is 9.47 Å². The van der Waals surface area contributed by atoms with E-state index in [9.17, 15) is 9.59 Å². The summed E-state index contributed by atoms with van der Waals surface area (Å²) >= 11 is 0. The Bertz CT molecular complexity index is 732. The lowest BCUT2D eigenvalue weighted by molar-refractivity contribution is -0.122. The zero-order valence-electron chi connectivity index (χ0n) is 16.4. The molecule has 28 heavy (non-hydrogen) atoms. The molecule has 2 amide bonds. The van der Waals surface area contributed by atoms with Crippen LogP contribution in [-0.2, 0) is 22.6 Å². The summed E-state index contributed by atoms with van der Waals surface area (Å²) in [6, 6.07) is 16.7. The summed E-state index contributed by atoms with van der Waals surface area (Å²) in [4.78, 5) is 24.0. The van der Waals surface area contributed by atoms with Gasteiger partial charge in [-0.25, -0.2) is 4.79 Å². The van der Waals surface area contributed by atoms with Crippen molar-refractivity contribution in [3.8, 4) is 5.75 Å². The lowest BCUT2D eigenvalue weighted by atomic mass is 10.1. The van der Waals surface area contributed by atoms with Gasteiger partial charge in [-0.15, -0.1) is 0 Å². The molecule has 0 unspecified atom stereocenters. The summed E-state index contributed by atoms with van der Waals surface area (Å²) in [5.41, 5.74) is 2.01. The molecule has 0 spiro atoms. The Kier molecular flexibility index (Phi) is 8.85. The minimum absolute atomic E-state index is 0.267. The van der Waals surface area contributed by atoms with Crippen LogP contribution in [0.3, 0.4) is 0 Å². The Hall–Kier alpha value is -3.02. The van der Waals surface area contributed by atoms with E-state index in [2.05, 4.69) is 10.6 Å². The van der Waals surface area contributed by atoms with Crippen LogP contribution in [0.2, 0.25) is 0 Å². The highest BCUT2D eigenvalue weighted by molar-refractivity contribution is 5.85. The maximum absolute atomic E-state index is 12.1. The molecule has 2 aromatic rings. The fraction of sp³-hybridized carbons (Fsp3) is 0.364. The Morgan fingerprint density at radius 3 is 2.36 bits per heavy atom. The topological polar surface area (TPSA) is 76.7 Å². The van der Waals surface area contributed by atoms with Crippen LogP contribution in [0.1, 0.15) is 30.9 Å². The molecule has 6 heteroatoms. The Morgan fingerprint density at radius 2 is 1.71 bits per heavy atom. The lowest BCUT2D eigenvalue weighted by Crippen LogP contribution is -2.47. The predicted molar refractivity (Wildman–Crippen MR) is 108 cm³/mol. The molecule has 6 nitrogen and oxygen atoms in total. The molecule has 2 rings (SSSR count). The third-order valence-electron chi connectivity index (χ3n) is 4.20. The molecule has 1 atom stereocenters.